The number of likely N-dealkylation sites (tertiary alicyclic amines) is 1. The zero-order valence-electron chi connectivity index (χ0n) is 24.1. The SMILES string of the molecule is C=C/C=C\C=C(/C)C(=C)NC1CCN(CCCCC2(C(=C)NCC(F)(F)F)c3ccccc3-c3ccccc32)CC1. The molecule has 218 valence electrons. The predicted molar refractivity (Wildman–Crippen MR) is 165 cm³/mol. The number of benzene rings is 2. The van der Waals surface area contributed by atoms with Crippen LogP contribution in [0.15, 0.2) is 110 Å². The van der Waals surface area contributed by atoms with Gasteiger partial charge in [-0.2, -0.15) is 13.2 Å². The molecule has 6 heteroatoms. The maximum Gasteiger partial charge on any atom is 0.405 e. The van der Waals surface area contributed by atoms with Crippen molar-refractivity contribution in [1.82, 2.24) is 15.5 Å². The van der Waals surface area contributed by atoms with Crippen molar-refractivity contribution in [3.8, 4) is 11.1 Å². The Labute approximate surface area is 243 Å². The summed E-state index contributed by atoms with van der Waals surface area (Å²) in [4.78, 5) is 2.50. The van der Waals surface area contributed by atoms with Gasteiger partial charge in [-0.15, -0.1) is 0 Å². The van der Waals surface area contributed by atoms with E-state index in [-0.39, 0.29) is 0 Å². The Morgan fingerprint density at radius 3 is 2.17 bits per heavy atom. The van der Waals surface area contributed by atoms with Crippen LogP contribution in [0.25, 0.3) is 11.1 Å². The van der Waals surface area contributed by atoms with E-state index in [0.29, 0.717) is 18.2 Å². The Balaban J connectivity index is 1.37. The molecule has 0 unspecified atom stereocenters. The second-order valence-electron chi connectivity index (χ2n) is 11.1. The summed E-state index contributed by atoms with van der Waals surface area (Å²) in [7, 11) is 0. The van der Waals surface area contributed by atoms with Gasteiger partial charge in [-0.25, -0.2) is 0 Å². The molecule has 2 aromatic carbocycles. The molecule has 0 bridgehead atoms. The van der Waals surface area contributed by atoms with E-state index < -0.39 is 18.1 Å². The molecule has 1 heterocycles. The molecule has 4 rings (SSSR count). The lowest BCUT2D eigenvalue weighted by atomic mass is 9.72. The Bertz CT molecular complexity index is 1250. The molecule has 2 aromatic rings. The van der Waals surface area contributed by atoms with Crippen LogP contribution < -0.4 is 10.6 Å². The second-order valence-corrected chi connectivity index (χ2v) is 11.1. The van der Waals surface area contributed by atoms with Gasteiger partial charge in [0.05, 0.1) is 5.41 Å². The van der Waals surface area contributed by atoms with Crippen LogP contribution in [-0.2, 0) is 5.41 Å². The van der Waals surface area contributed by atoms with Crippen molar-refractivity contribution in [2.24, 2.45) is 0 Å². The predicted octanol–water partition coefficient (Wildman–Crippen LogP) is 8.05. The van der Waals surface area contributed by atoms with Gasteiger partial charge in [-0.3, -0.25) is 0 Å². The monoisotopic (exact) mass is 561 g/mol. The summed E-state index contributed by atoms with van der Waals surface area (Å²) in [6, 6.07) is 16.6. The van der Waals surface area contributed by atoms with Gasteiger partial charge in [-0.05, 0) is 67.0 Å². The van der Waals surface area contributed by atoms with E-state index in [1.54, 1.807) is 6.08 Å². The summed E-state index contributed by atoms with van der Waals surface area (Å²) in [5, 5.41) is 6.25. The highest BCUT2D eigenvalue weighted by molar-refractivity contribution is 5.82. The molecule has 0 spiro atoms. The number of alkyl halides is 3. The zero-order chi connectivity index (χ0) is 29.5. The molecule has 2 N–H and O–H groups in total. The van der Waals surface area contributed by atoms with E-state index in [0.717, 1.165) is 78.8 Å². The van der Waals surface area contributed by atoms with Crippen LogP contribution in [0, 0.1) is 0 Å². The van der Waals surface area contributed by atoms with E-state index in [9.17, 15) is 13.2 Å². The number of allylic oxidation sites excluding steroid dienone is 6. The normalized spacial score (nSPS) is 17.2. The van der Waals surface area contributed by atoms with Crippen molar-refractivity contribution >= 4 is 0 Å². The fraction of sp³-hybridized carbons (Fsp3) is 0.371. The molecule has 1 fully saturated rings. The highest BCUT2D eigenvalue weighted by Crippen LogP contribution is 2.54. The van der Waals surface area contributed by atoms with Crippen LogP contribution >= 0.6 is 0 Å². The van der Waals surface area contributed by atoms with E-state index in [2.05, 4.69) is 54.3 Å². The molecule has 0 saturated carbocycles. The van der Waals surface area contributed by atoms with E-state index in [4.69, 9.17) is 0 Å². The lowest BCUT2D eigenvalue weighted by Crippen LogP contribution is -2.42. The van der Waals surface area contributed by atoms with E-state index in [1.807, 2.05) is 54.6 Å². The maximum absolute atomic E-state index is 13.2. The summed E-state index contributed by atoms with van der Waals surface area (Å²) in [5.41, 5.74) is 6.03. The van der Waals surface area contributed by atoms with Gasteiger partial charge in [0, 0.05) is 30.5 Å². The average Bonchev–Trinajstić information content (AvgIpc) is 3.25. The molecular weight excluding hydrogens is 519 g/mol. The van der Waals surface area contributed by atoms with Gasteiger partial charge in [0.25, 0.3) is 0 Å². The maximum atomic E-state index is 13.2. The molecule has 3 nitrogen and oxygen atoms in total. The number of hydrogen-bond acceptors (Lipinski definition) is 3. The second kappa shape index (κ2) is 13.4. The van der Waals surface area contributed by atoms with Gasteiger partial charge < -0.3 is 15.5 Å². The summed E-state index contributed by atoms with van der Waals surface area (Å²) in [5.74, 6) is 0. The summed E-state index contributed by atoms with van der Waals surface area (Å²) < 4.78 is 39.6. The van der Waals surface area contributed by atoms with Crippen molar-refractivity contribution in [3.63, 3.8) is 0 Å². The quantitative estimate of drug-likeness (QED) is 0.191. The third-order valence-electron chi connectivity index (χ3n) is 8.39. The Morgan fingerprint density at radius 1 is 0.976 bits per heavy atom. The number of unbranched alkanes of at least 4 members (excludes halogenated alkanes) is 1. The largest absolute Gasteiger partial charge is 0.405 e. The van der Waals surface area contributed by atoms with Crippen LogP contribution in [0.3, 0.4) is 0 Å². The first kappa shape index (κ1) is 30.4. The minimum Gasteiger partial charge on any atom is -0.382 e. The molecule has 0 amide bonds. The molecule has 41 heavy (non-hydrogen) atoms. The van der Waals surface area contributed by atoms with Crippen LogP contribution in [0.1, 0.15) is 50.2 Å². The molecule has 0 aromatic heterocycles. The number of piperidine rings is 1. The van der Waals surface area contributed by atoms with Crippen LogP contribution in [0.2, 0.25) is 0 Å². The van der Waals surface area contributed by atoms with Gasteiger partial charge in [0.2, 0.25) is 0 Å². The van der Waals surface area contributed by atoms with E-state index in [1.165, 1.54) is 0 Å². The topological polar surface area (TPSA) is 27.3 Å². The minimum atomic E-state index is -4.31. The number of halogens is 3. The Kier molecular flexibility index (Phi) is 9.98. The molecular formula is C35H42F3N3. The van der Waals surface area contributed by atoms with Crippen molar-refractivity contribution in [2.75, 3.05) is 26.2 Å². The summed E-state index contributed by atoms with van der Waals surface area (Å²) in [6.07, 6.45) is 8.00. The lowest BCUT2D eigenvalue weighted by molar-refractivity contribution is -0.123. The van der Waals surface area contributed by atoms with Gasteiger partial charge >= 0.3 is 6.18 Å². The third-order valence-corrected chi connectivity index (χ3v) is 8.39. The number of nitrogens with zero attached hydrogens (tertiary/aromatic N) is 1. The van der Waals surface area contributed by atoms with Crippen LogP contribution in [0.5, 0.6) is 0 Å². The van der Waals surface area contributed by atoms with Crippen molar-refractivity contribution in [1.29, 1.82) is 0 Å². The first-order valence-electron chi connectivity index (χ1n) is 14.5. The molecule has 0 radical (unpaired) electrons. The molecule has 1 aliphatic heterocycles. The highest BCUT2D eigenvalue weighted by atomic mass is 19.4. The highest BCUT2D eigenvalue weighted by Gasteiger charge is 2.45. The lowest BCUT2D eigenvalue weighted by Gasteiger charge is -2.36. The Morgan fingerprint density at radius 2 is 1.59 bits per heavy atom. The standard InChI is InChI=1S/C35H42F3N3/c1-5-6-7-14-26(2)27(3)40-29-19-23-41(24-20-29)22-13-12-21-34(28(4)39-25-35(36,37)38)32-17-10-8-15-30(32)31-16-9-11-18-33(31)34/h5-11,14-18,29,39-40H,1,3-4,12-13,19-25H2,2H3/b7-6-,26-14+. The average molecular weight is 562 g/mol. The number of rotatable bonds is 13. The van der Waals surface area contributed by atoms with Gasteiger partial charge in [-0.1, -0.05) is 99.0 Å². The molecule has 1 saturated heterocycles. The molecule has 2 aliphatic rings. The fourth-order valence-electron chi connectivity index (χ4n) is 6.19. The van der Waals surface area contributed by atoms with Gasteiger partial charge in [0.1, 0.15) is 6.54 Å². The molecule has 1 aliphatic carbocycles. The molecule has 0 atom stereocenters. The summed E-state index contributed by atoms with van der Waals surface area (Å²) in [6.45, 7) is 16.1. The fourth-order valence-corrected chi connectivity index (χ4v) is 6.19. The first-order chi connectivity index (χ1) is 19.7. The van der Waals surface area contributed by atoms with Crippen LogP contribution in [0.4, 0.5) is 13.2 Å². The summed E-state index contributed by atoms with van der Waals surface area (Å²) >= 11 is 0. The third kappa shape index (κ3) is 7.23. The minimum absolute atomic E-state index is 0.406. The first-order valence-corrected chi connectivity index (χ1v) is 14.5. The number of nitrogens with one attached hydrogen (secondary N) is 2. The van der Waals surface area contributed by atoms with Gasteiger partial charge in [0.15, 0.2) is 0 Å². The number of hydrogen-bond donors (Lipinski definition) is 2. The number of fused-ring (bicyclic) bond motifs is 3. The smallest absolute Gasteiger partial charge is 0.382 e. The van der Waals surface area contributed by atoms with Crippen molar-refractivity contribution in [3.05, 3.63) is 121 Å². The Hall–Kier alpha value is -3.51. The van der Waals surface area contributed by atoms with Crippen molar-refractivity contribution < 1.29 is 13.2 Å². The van der Waals surface area contributed by atoms with Crippen LogP contribution in [-0.4, -0.2) is 43.3 Å². The van der Waals surface area contributed by atoms with Crippen molar-refractivity contribution in [2.45, 2.75) is 56.7 Å². The zero-order valence-corrected chi connectivity index (χ0v) is 24.1. The van der Waals surface area contributed by atoms with E-state index >= 15 is 0 Å².